The molecule has 1 aromatic carbocycles. The van der Waals surface area contributed by atoms with Crippen LogP contribution in [0.4, 0.5) is 11.4 Å². The molecule has 94 valence electrons. The number of nitrogens with two attached hydrogens (primary N) is 1. The van der Waals surface area contributed by atoms with Crippen molar-refractivity contribution in [3.8, 4) is 0 Å². The Hall–Kier alpha value is -0.640. The van der Waals surface area contributed by atoms with Gasteiger partial charge in [0.05, 0.1) is 6.61 Å². The van der Waals surface area contributed by atoms with Gasteiger partial charge in [-0.3, -0.25) is 0 Å². The molecule has 0 amide bonds. The van der Waals surface area contributed by atoms with Gasteiger partial charge in [0.1, 0.15) is 0 Å². The fraction of sp³-hybridized carbons (Fsp3) is 0.455. The van der Waals surface area contributed by atoms with Gasteiger partial charge in [0.15, 0.2) is 0 Å². The van der Waals surface area contributed by atoms with Crippen LogP contribution in [-0.4, -0.2) is 19.8 Å². The van der Waals surface area contributed by atoms with Gasteiger partial charge in [-0.15, -0.1) is 24.8 Å². The maximum Gasteiger partial charge on any atom is 0.0663 e. The van der Waals surface area contributed by atoms with Crippen molar-refractivity contribution in [2.45, 2.75) is 19.4 Å². The van der Waals surface area contributed by atoms with E-state index < -0.39 is 0 Å². The van der Waals surface area contributed by atoms with Crippen LogP contribution in [0.1, 0.15) is 13.3 Å². The molecule has 0 radical (unpaired) electrons. The smallest absolute Gasteiger partial charge is 0.0663 e. The van der Waals surface area contributed by atoms with Gasteiger partial charge >= 0.3 is 0 Å². The molecule has 1 aromatic rings. The summed E-state index contributed by atoms with van der Waals surface area (Å²) < 4.78 is 5.10. The summed E-state index contributed by atoms with van der Waals surface area (Å²) in [4.78, 5) is 0. The summed E-state index contributed by atoms with van der Waals surface area (Å²) in [5, 5.41) is 3.38. The highest BCUT2D eigenvalue weighted by molar-refractivity contribution is 5.85. The van der Waals surface area contributed by atoms with E-state index in [0.29, 0.717) is 6.04 Å². The van der Waals surface area contributed by atoms with Gasteiger partial charge in [0.25, 0.3) is 0 Å². The van der Waals surface area contributed by atoms with Crippen LogP contribution in [0.2, 0.25) is 0 Å². The van der Waals surface area contributed by atoms with E-state index in [1.165, 1.54) is 0 Å². The molecule has 3 N–H and O–H groups in total. The van der Waals surface area contributed by atoms with E-state index in [-0.39, 0.29) is 24.8 Å². The molecule has 0 aliphatic rings. The monoisotopic (exact) mass is 266 g/mol. The summed E-state index contributed by atoms with van der Waals surface area (Å²) in [7, 11) is 1.72. The number of methoxy groups -OCH3 is 1. The number of nitrogens with one attached hydrogen (secondary N) is 1. The highest BCUT2D eigenvalue weighted by Gasteiger charge is 2.04. The Morgan fingerprint density at radius 3 is 2.25 bits per heavy atom. The van der Waals surface area contributed by atoms with Crippen LogP contribution in [0.15, 0.2) is 24.3 Å². The Balaban J connectivity index is 0. The number of hydrogen-bond acceptors (Lipinski definition) is 3. The topological polar surface area (TPSA) is 47.3 Å². The number of halogens is 2. The number of hydrogen-bond donors (Lipinski definition) is 2. The number of rotatable bonds is 5. The minimum atomic E-state index is 0. The first-order chi connectivity index (χ1) is 6.76. The molecule has 0 spiro atoms. The summed E-state index contributed by atoms with van der Waals surface area (Å²) in [6, 6.07) is 8.11. The Kier molecular flexibility index (Phi) is 10.6. The van der Waals surface area contributed by atoms with Gasteiger partial charge in [-0.2, -0.15) is 0 Å². The van der Waals surface area contributed by atoms with Crippen LogP contribution in [0.25, 0.3) is 0 Å². The highest BCUT2D eigenvalue weighted by atomic mass is 35.5. The Bertz CT molecular complexity index is 267. The lowest BCUT2D eigenvalue weighted by molar-refractivity contribution is 0.184. The van der Waals surface area contributed by atoms with Crippen molar-refractivity contribution < 1.29 is 4.74 Å². The third kappa shape index (κ3) is 6.05. The SMILES string of the molecule is CCC(COC)Nc1ccc(N)cc1.Cl.Cl. The number of nitrogen functional groups attached to an aromatic ring is 1. The average molecular weight is 267 g/mol. The van der Waals surface area contributed by atoms with Crippen molar-refractivity contribution in [3.05, 3.63) is 24.3 Å². The second-order valence-corrected chi connectivity index (χ2v) is 3.33. The molecule has 0 aliphatic heterocycles. The standard InChI is InChI=1S/C11H18N2O.2ClH/c1-3-10(8-14-2)13-11-6-4-9(12)5-7-11;;/h4-7,10,13H,3,8,12H2,1-2H3;2*1H. The lowest BCUT2D eigenvalue weighted by Crippen LogP contribution is -2.23. The van der Waals surface area contributed by atoms with Crippen molar-refractivity contribution >= 4 is 36.2 Å². The molecule has 0 fully saturated rings. The number of anilines is 2. The first kappa shape index (κ1) is 17.7. The molecule has 3 nitrogen and oxygen atoms in total. The van der Waals surface area contributed by atoms with E-state index in [2.05, 4.69) is 12.2 Å². The molecule has 1 rings (SSSR count). The van der Waals surface area contributed by atoms with E-state index >= 15 is 0 Å². The van der Waals surface area contributed by atoms with E-state index in [4.69, 9.17) is 10.5 Å². The zero-order valence-corrected chi connectivity index (χ0v) is 11.2. The van der Waals surface area contributed by atoms with Gasteiger partial charge in [0, 0.05) is 24.5 Å². The fourth-order valence-electron chi connectivity index (χ4n) is 1.28. The predicted octanol–water partition coefficient (Wildman–Crippen LogP) is 2.95. The maximum absolute atomic E-state index is 5.60. The van der Waals surface area contributed by atoms with Crippen LogP contribution in [-0.2, 0) is 4.74 Å². The minimum Gasteiger partial charge on any atom is -0.399 e. The molecule has 0 bridgehead atoms. The Morgan fingerprint density at radius 2 is 1.81 bits per heavy atom. The zero-order valence-electron chi connectivity index (χ0n) is 9.60. The molecular weight excluding hydrogens is 247 g/mol. The zero-order chi connectivity index (χ0) is 10.4. The quantitative estimate of drug-likeness (QED) is 0.806. The Morgan fingerprint density at radius 1 is 1.25 bits per heavy atom. The first-order valence-electron chi connectivity index (χ1n) is 4.87. The average Bonchev–Trinajstić information content (AvgIpc) is 2.20. The van der Waals surface area contributed by atoms with Crippen LogP contribution >= 0.6 is 24.8 Å². The summed E-state index contributed by atoms with van der Waals surface area (Å²) in [6.45, 7) is 2.86. The molecule has 0 aliphatic carbocycles. The molecule has 1 unspecified atom stereocenters. The van der Waals surface area contributed by atoms with Crippen LogP contribution in [0.5, 0.6) is 0 Å². The van der Waals surface area contributed by atoms with Crippen molar-refractivity contribution in [1.29, 1.82) is 0 Å². The molecule has 1 atom stereocenters. The Labute approximate surface area is 110 Å². The second kappa shape index (κ2) is 9.58. The predicted molar refractivity (Wildman–Crippen MR) is 74.9 cm³/mol. The molecule has 0 saturated heterocycles. The lowest BCUT2D eigenvalue weighted by Gasteiger charge is -2.17. The molecular formula is C11H20Cl2N2O. The van der Waals surface area contributed by atoms with Crippen LogP contribution in [0, 0.1) is 0 Å². The molecule has 0 saturated carbocycles. The number of benzene rings is 1. The van der Waals surface area contributed by atoms with Gasteiger partial charge in [-0.05, 0) is 30.7 Å². The normalized spacial score (nSPS) is 10.9. The van der Waals surface area contributed by atoms with Crippen molar-refractivity contribution in [2.24, 2.45) is 0 Å². The van der Waals surface area contributed by atoms with Crippen molar-refractivity contribution in [2.75, 3.05) is 24.8 Å². The third-order valence-corrected chi connectivity index (χ3v) is 2.14. The van der Waals surface area contributed by atoms with E-state index in [1.807, 2.05) is 24.3 Å². The first-order valence-corrected chi connectivity index (χ1v) is 4.87. The minimum absolute atomic E-state index is 0. The summed E-state index contributed by atoms with van der Waals surface area (Å²) in [5.74, 6) is 0. The van der Waals surface area contributed by atoms with Crippen LogP contribution in [0.3, 0.4) is 0 Å². The summed E-state index contributed by atoms with van der Waals surface area (Å²) in [6.07, 6.45) is 1.04. The van der Waals surface area contributed by atoms with Crippen molar-refractivity contribution in [1.82, 2.24) is 0 Å². The van der Waals surface area contributed by atoms with Crippen molar-refractivity contribution in [3.63, 3.8) is 0 Å². The largest absolute Gasteiger partial charge is 0.399 e. The number of ether oxygens (including phenoxy) is 1. The van der Waals surface area contributed by atoms with E-state index in [0.717, 1.165) is 24.4 Å². The summed E-state index contributed by atoms with van der Waals surface area (Å²) >= 11 is 0. The third-order valence-electron chi connectivity index (χ3n) is 2.14. The van der Waals surface area contributed by atoms with Gasteiger partial charge in [-0.1, -0.05) is 6.92 Å². The van der Waals surface area contributed by atoms with Gasteiger partial charge in [0.2, 0.25) is 0 Å². The van der Waals surface area contributed by atoms with Crippen LogP contribution < -0.4 is 11.1 Å². The molecule has 0 aromatic heterocycles. The van der Waals surface area contributed by atoms with E-state index in [9.17, 15) is 0 Å². The van der Waals surface area contributed by atoms with Gasteiger partial charge < -0.3 is 15.8 Å². The molecule has 5 heteroatoms. The molecule has 0 heterocycles. The maximum atomic E-state index is 5.60. The van der Waals surface area contributed by atoms with E-state index in [1.54, 1.807) is 7.11 Å². The fourth-order valence-corrected chi connectivity index (χ4v) is 1.28. The summed E-state index contributed by atoms with van der Waals surface area (Å²) in [5.41, 5.74) is 7.47. The lowest BCUT2D eigenvalue weighted by atomic mass is 10.2. The van der Waals surface area contributed by atoms with Gasteiger partial charge in [-0.25, -0.2) is 0 Å². The molecule has 16 heavy (non-hydrogen) atoms. The second-order valence-electron chi connectivity index (χ2n) is 3.33. The highest BCUT2D eigenvalue weighted by Crippen LogP contribution is 2.12.